The van der Waals surface area contributed by atoms with E-state index >= 15 is 0 Å². The lowest BCUT2D eigenvalue weighted by Gasteiger charge is -2.25. The van der Waals surface area contributed by atoms with E-state index in [1.54, 1.807) is 0 Å². The molecule has 70 valence electrons. The van der Waals surface area contributed by atoms with Gasteiger partial charge in [0.1, 0.15) is 0 Å². The summed E-state index contributed by atoms with van der Waals surface area (Å²) < 4.78 is 36.7. The number of alkyl halides is 3. The van der Waals surface area contributed by atoms with Crippen molar-refractivity contribution >= 4 is 15.9 Å². The molecule has 1 aliphatic carbocycles. The Hall–Kier alpha value is -0.0300. The first kappa shape index (κ1) is 10.1. The highest BCUT2D eigenvalue weighted by Gasteiger charge is 2.41. The summed E-state index contributed by atoms with van der Waals surface area (Å²) in [4.78, 5) is 0. The number of aliphatic hydroxyl groups excluding tert-OH is 1. The van der Waals surface area contributed by atoms with Gasteiger partial charge in [-0.1, -0.05) is 22.0 Å². The maximum atomic E-state index is 12.1. The molecule has 0 heterocycles. The maximum absolute atomic E-state index is 12.1. The molecule has 1 unspecified atom stereocenters. The second-order valence-corrected chi connectivity index (χ2v) is 3.73. The molecule has 0 aromatic carbocycles. The van der Waals surface area contributed by atoms with Crippen LogP contribution >= 0.6 is 15.9 Å². The Morgan fingerprint density at radius 1 is 1.50 bits per heavy atom. The minimum absolute atomic E-state index is 0.0405. The van der Waals surface area contributed by atoms with E-state index in [0.29, 0.717) is 4.48 Å². The molecular formula is C7H8BrF3O. The van der Waals surface area contributed by atoms with E-state index in [1.165, 1.54) is 6.08 Å². The third-order valence-electron chi connectivity index (χ3n) is 1.89. The van der Waals surface area contributed by atoms with Crippen molar-refractivity contribution in [1.82, 2.24) is 0 Å². The van der Waals surface area contributed by atoms with Crippen molar-refractivity contribution in [1.29, 1.82) is 0 Å². The van der Waals surface area contributed by atoms with Gasteiger partial charge < -0.3 is 5.11 Å². The van der Waals surface area contributed by atoms with Gasteiger partial charge in [0.05, 0.1) is 12.0 Å². The number of hydrogen-bond donors (Lipinski definition) is 1. The van der Waals surface area contributed by atoms with E-state index in [2.05, 4.69) is 15.9 Å². The van der Waals surface area contributed by atoms with Crippen molar-refractivity contribution in [2.75, 3.05) is 0 Å². The molecule has 1 nitrogen and oxygen atoms in total. The fourth-order valence-electron chi connectivity index (χ4n) is 1.14. The van der Waals surface area contributed by atoms with Gasteiger partial charge in [0.15, 0.2) is 0 Å². The lowest BCUT2D eigenvalue weighted by Crippen LogP contribution is -2.29. The molecule has 1 rings (SSSR count). The molecule has 1 N–H and O–H groups in total. The van der Waals surface area contributed by atoms with Crippen LogP contribution in [0, 0.1) is 5.92 Å². The number of hydrogen-bond acceptors (Lipinski definition) is 1. The Balaban J connectivity index is 2.65. The van der Waals surface area contributed by atoms with Crippen LogP contribution in [0.4, 0.5) is 13.2 Å². The van der Waals surface area contributed by atoms with E-state index < -0.39 is 18.2 Å². The molecule has 0 saturated heterocycles. The average molecular weight is 245 g/mol. The van der Waals surface area contributed by atoms with E-state index in [1.807, 2.05) is 0 Å². The number of aliphatic hydroxyl groups is 1. The summed E-state index contributed by atoms with van der Waals surface area (Å²) >= 11 is 2.99. The highest BCUT2D eigenvalue weighted by molar-refractivity contribution is 9.11. The van der Waals surface area contributed by atoms with Crippen molar-refractivity contribution in [3.8, 4) is 0 Å². The van der Waals surface area contributed by atoms with Crippen LogP contribution in [0.5, 0.6) is 0 Å². The second kappa shape index (κ2) is 3.38. The molecule has 0 aliphatic heterocycles. The van der Waals surface area contributed by atoms with Crippen molar-refractivity contribution < 1.29 is 18.3 Å². The molecule has 0 aromatic heterocycles. The zero-order chi connectivity index (χ0) is 9.35. The van der Waals surface area contributed by atoms with Gasteiger partial charge in [-0.15, -0.1) is 0 Å². The Morgan fingerprint density at radius 2 is 2.08 bits per heavy atom. The zero-order valence-electron chi connectivity index (χ0n) is 6.11. The molecule has 1 aliphatic rings. The summed E-state index contributed by atoms with van der Waals surface area (Å²) in [5.41, 5.74) is 0. The summed E-state index contributed by atoms with van der Waals surface area (Å²) in [6, 6.07) is 0. The van der Waals surface area contributed by atoms with Gasteiger partial charge in [-0.2, -0.15) is 13.2 Å². The molecule has 0 saturated carbocycles. The van der Waals surface area contributed by atoms with Crippen molar-refractivity contribution in [2.24, 2.45) is 5.92 Å². The molecule has 0 aromatic rings. The topological polar surface area (TPSA) is 20.2 Å². The molecule has 2 atom stereocenters. The summed E-state index contributed by atoms with van der Waals surface area (Å²) in [7, 11) is 0. The lowest BCUT2D eigenvalue weighted by molar-refractivity contribution is -0.180. The highest BCUT2D eigenvalue weighted by Crippen LogP contribution is 2.38. The monoisotopic (exact) mass is 244 g/mol. The molecule has 0 amide bonds. The Bertz CT molecular complexity index is 199. The van der Waals surface area contributed by atoms with E-state index in [0.717, 1.165) is 0 Å². The first-order chi connectivity index (χ1) is 5.41. The van der Waals surface area contributed by atoms with Crippen LogP contribution in [0.2, 0.25) is 0 Å². The van der Waals surface area contributed by atoms with Gasteiger partial charge in [-0.25, -0.2) is 0 Å². The highest BCUT2D eigenvalue weighted by atomic mass is 79.9. The molecular weight excluding hydrogens is 237 g/mol. The van der Waals surface area contributed by atoms with Gasteiger partial charge in [0.2, 0.25) is 0 Å². The van der Waals surface area contributed by atoms with Crippen LogP contribution in [-0.4, -0.2) is 17.4 Å². The first-order valence-corrected chi connectivity index (χ1v) is 4.31. The third-order valence-corrected chi connectivity index (χ3v) is 2.74. The SMILES string of the molecule is O[C@H]1CC(C(F)(F)F)CC=C1Br. The fourth-order valence-corrected chi connectivity index (χ4v) is 1.51. The normalized spacial score (nSPS) is 31.6. The lowest BCUT2D eigenvalue weighted by atomic mass is 9.92. The number of allylic oxidation sites excluding steroid dienone is 1. The molecule has 12 heavy (non-hydrogen) atoms. The van der Waals surface area contributed by atoms with Crippen LogP contribution < -0.4 is 0 Å². The predicted molar refractivity (Wildman–Crippen MR) is 41.8 cm³/mol. The van der Waals surface area contributed by atoms with Gasteiger partial charge >= 0.3 is 6.18 Å². The zero-order valence-corrected chi connectivity index (χ0v) is 7.69. The van der Waals surface area contributed by atoms with Crippen LogP contribution in [0.1, 0.15) is 12.8 Å². The summed E-state index contributed by atoms with van der Waals surface area (Å²) in [5, 5.41) is 9.10. The maximum Gasteiger partial charge on any atom is 0.392 e. The summed E-state index contributed by atoms with van der Waals surface area (Å²) in [6.07, 6.45) is -4.08. The largest absolute Gasteiger partial charge is 0.392 e. The predicted octanol–water partition coefficient (Wildman–Crippen LogP) is 2.60. The molecule has 0 fully saturated rings. The smallest absolute Gasteiger partial charge is 0.388 e. The van der Waals surface area contributed by atoms with Gasteiger partial charge in [0, 0.05) is 4.48 Å². The van der Waals surface area contributed by atoms with Gasteiger partial charge in [0.25, 0.3) is 0 Å². The first-order valence-electron chi connectivity index (χ1n) is 3.51. The fraction of sp³-hybridized carbons (Fsp3) is 0.714. The average Bonchev–Trinajstić information content (AvgIpc) is 1.92. The van der Waals surface area contributed by atoms with E-state index in [9.17, 15) is 13.2 Å². The standard InChI is InChI=1S/C7H8BrF3O/c8-5-2-1-4(3-6(5)12)7(9,10)11/h2,4,6,12H,1,3H2/t4?,6-/m0/s1. The molecule has 0 bridgehead atoms. The van der Waals surface area contributed by atoms with Crippen LogP contribution in [0.15, 0.2) is 10.6 Å². The summed E-state index contributed by atoms with van der Waals surface area (Å²) in [6.45, 7) is 0. The Morgan fingerprint density at radius 3 is 2.50 bits per heavy atom. The van der Waals surface area contributed by atoms with Crippen molar-refractivity contribution in [2.45, 2.75) is 25.1 Å². The minimum atomic E-state index is -4.19. The van der Waals surface area contributed by atoms with Crippen LogP contribution in [0.3, 0.4) is 0 Å². The Kier molecular flexibility index (Phi) is 2.83. The quantitative estimate of drug-likeness (QED) is 0.695. The van der Waals surface area contributed by atoms with Crippen molar-refractivity contribution in [3.63, 3.8) is 0 Å². The summed E-state index contributed by atoms with van der Waals surface area (Å²) in [5.74, 6) is -1.39. The van der Waals surface area contributed by atoms with Crippen LogP contribution in [-0.2, 0) is 0 Å². The van der Waals surface area contributed by atoms with Crippen LogP contribution in [0.25, 0.3) is 0 Å². The van der Waals surface area contributed by atoms with Crippen molar-refractivity contribution in [3.05, 3.63) is 10.6 Å². The molecule has 5 heteroatoms. The van der Waals surface area contributed by atoms with E-state index in [-0.39, 0.29) is 12.8 Å². The number of rotatable bonds is 0. The van der Waals surface area contributed by atoms with Gasteiger partial charge in [-0.3, -0.25) is 0 Å². The van der Waals surface area contributed by atoms with Gasteiger partial charge in [-0.05, 0) is 12.8 Å². The molecule has 0 radical (unpaired) electrons. The minimum Gasteiger partial charge on any atom is -0.388 e. The van der Waals surface area contributed by atoms with E-state index in [4.69, 9.17) is 5.11 Å². The third kappa shape index (κ3) is 2.23. The number of halogens is 4. The second-order valence-electron chi connectivity index (χ2n) is 2.81. The Labute approximate surface area is 76.4 Å². The molecule has 0 spiro atoms.